The molecule has 2 N–H and O–H groups in total. The Hall–Kier alpha value is -0.700. The first-order chi connectivity index (χ1) is 7.79. The molecule has 0 amide bonds. The zero-order chi connectivity index (χ0) is 11.0. The highest BCUT2D eigenvalue weighted by atomic mass is 79.9. The van der Waals surface area contributed by atoms with Crippen LogP contribution < -0.4 is 10.6 Å². The average Bonchev–Trinajstić information content (AvgIpc) is 2.30. The van der Waals surface area contributed by atoms with Gasteiger partial charge in [-0.2, -0.15) is 0 Å². The molecule has 1 fully saturated rings. The van der Waals surface area contributed by atoms with Gasteiger partial charge in [-0.25, -0.2) is 0 Å². The summed E-state index contributed by atoms with van der Waals surface area (Å²) in [5.41, 5.74) is 2.78. The third-order valence-electron chi connectivity index (χ3n) is 3.83. The van der Waals surface area contributed by atoms with Crippen molar-refractivity contribution in [1.82, 2.24) is 0 Å². The monoisotopic (exact) mass is 280 g/mol. The second kappa shape index (κ2) is 3.95. The van der Waals surface area contributed by atoms with Gasteiger partial charge in [0.05, 0.1) is 16.9 Å². The molecule has 1 aromatic rings. The molecule has 0 aromatic heterocycles. The molecule has 0 saturated heterocycles. The highest BCUT2D eigenvalue weighted by Crippen LogP contribution is 2.40. The molecule has 0 atom stereocenters. The quantitative estimate of drug-likeness (QED) is 0.751. The van der Waals surface area contributed by atoms with Crippen molar-refractivity contribution in [2.75, 3.05) is 17.2 Å². The largest absolute Gasteiger partial charge is 0.380 e. The average molecular weight is 281 g/mol. The van der Waals surface area contributed by atoms with Crippen LogP contribution in [-0.4, -0.2) is 12.1 Å². The van der Waals surface area contributed by atoms with E-state index in [1.54, 1.807) is 0 Å². The summed E-state index contributed by atoms with van der Waals surface area (Å²) in [5, 5.41) is 7.34. The fourth-order valence-electron chi connectivity index (χ4n) is 2.93. The second-order valence-electron chi connectivity index (χ2n) is 4.98. The van der Waals surface area contributed by atoms with Gasteiger partial charge in [-0.3, -0.25) is 0 Å². The van der Waals surface area contributed by atoms with Gasteiger partial charge in [-0.05, 0) is 40.9 Å². The van der Waals surface area contributed by atoms with Gasteiger partial charge in [0, 0.05) is 11.0 Å². The van der Waals surface area contributed by atoms with Crippen LogP contribution in [0.4, 0.5) is 11.4 Å². The number of rotatable bonds is 0. The van der Waals surface area contributed by atoms with E-state index < -0.39 is 0 Å². The molecule has 1 aliphatic heterocycles. The molecule has 1 heterocycles. The Bertz CT molecular complexity index is 397. The number of halogens is 1. The number of nitrogens with one attached hydrogen (secondary N) is 2. The van der Waals surface area contributed by atoms with Crippen molar-refractivity contribution in [2.45, 2.75) is 37.6 Å². The maximum atomic E-state index is 3.76. The molecular weight excluding hydrogens is 264 g/mol. The number of fused-ring (bicyclic) bond motifs is 1. The van der Waals surface area contributed by atoms with E-state index in [4.69, 9.17) is 0 Å². The van der Waals surface area contributed by atoms with Crippen LogP contribution in [0.1, 0.15) is 32.1 Å². The lowest BCUT2D eigenvalue weighted by Crippen LogP contribution is -2.49. The van der Waals surface area contributed by atoms with Gasteiger partial charge in [0.15, 0.2) is 0 Å². The van der Waals surface area contributed by atoms with Crippen molar-refractivity contribution in [3.63, 3.8) is 0 Å². The molecule has 1 aliphatic carbocycles. The topological polar surface area (TPSA) is 24.1 Å². The summed E-state index contributed by atoms with van der Waals surface area (Å²) in [4.78, 5) is 0. The van der Waals surface area contributed by atoms with Crippen LogP contribution in [0.15, 0.2) is 22.7 Å². The number of anilines is 2. The smallest absolute Gasteiger partial charge is 0.0721 e. The number of benzene rings is 1. The SMILES string of the molecule is Brc1cccc2c1NCC1(CCCCC1)N2. The Morgan fingerprint density at radius 3 is 2.75 bits per heavy atom. The van der Waals surface area contributed by atoms with Crippen molar-refractivity contribution >= 4 is 27.3 Å². The molecule has 86 valence electrons. The third kappa shape index (κ3) is 1.71. The fourth-order valence-corrected chi connectivity index (χ4v) is 3.43. The Labute approximate surface area is 105 Å². The highest BCUT2D eigenvalue weighted by molar-refractivity contribution is 9.10. The van der Waals surface area contributed by atoms with Crippen LogP contribution in [0.2, 0.25) is 0 Å². The standard InChI is InChI=1S/C13H17BrN2/c14-10-5-4-6-11-12(10)15-9-13(16-11)7-2-1-3-8-13/h4-6,15-16H,1-3,7-9H2. The Morgan fingerprint density at radius 1 is 1.12 bits per heavy atom. The molecule has 3 rings (SSSR count). The van der Waals surface area contributed by atoms with E-state index in [0.717, 1.165) is 11.0 Å². The lowest BCUT2D eigenvalue weighted by molar-refractivity contribution is 0.334. The van der Waals surface area contributed by atoms with Crippen molar-refractivity contribution < 1.29 is 0 Å². The molecule has 1 saturated carbocycles. The van der Waals surface area contributed by atoms with Crippen molar-refractivity contribution in [2.24, 2.45) is 0 Å². The number of hydrogen-bond donors (Lipinski definition) is 2. The summed E-state index contributed by atoms with van der Waals surface area (Å²) in [5.74, 6) is 0. The van der Waals surface area contributed by atoms with Crippen LogP contribution in [0.25, 0.3) is 0 Å². The Morgan fingerprint density at radius 2 is 1.94 bits per heavy atom. The third-order valence-corrected chi connectivity index (χ3v) is 4.49. The molecular formula is C13H17BrN2. The number of para-hydroxylation sites is 1. The minimum Gasteiger partial charge on any atom is -0.380 e. The van der Waals surface area contributed by atoms with E-state index in [0.29, 0.717) is 5.54 Å². The molecule has 2 nitrogen and oxygen atoms in total. The van der Waals surface area contributed by atoms with Crippen LogP contribution in [0, 0.1) is 0 Å². The molecule has 1 aromatic carbocycles. The van der Waals surface area contributed by atoms with Gasteiger partial charge < -0.3 is 10.6 Å². The predicted octanol–water partition coefficient (Wildman–Crippen LogP) is 3.99. The molecule has 0 unspecified atom stereocenters. The van der Waals surface area contributed by atoms with Gasteiger partial charge in [0.2, 0.25) is 0 Å². The molecule has 1 spiro atoms. The lowest BCUT2D eigenvalue weighted by Gasteiger charge is -2.43. The summed E-state index contributed by atoms with van der Waals surface area (Å²) < 4.78 is 1.16. The van der Waals surface area contributed by atoms with E-state index in [-0.39, 0.29) is 0 Å². The van der Waals surface area contributed by atoms with Gasteiger partial charge in [0.1, 0.15) is 0 Å². The molecule has 3 heteroatoms. The first-order valence-electron chi connectivity index (χ1n) is 6.10. The molecule has 2 aliphatic rings. The van der Waals surface area contributed by atoms with Crippen LogP contribution in [-0.2, 0) is 0 Å². The maximum Gasteiger partial charge on any atom is 0.0721 e. The Balaban J connectivity index is 1.91. The lowest BCUT2D eigenvalue weighted by atomic mass is 9.80. The van der Waals surface area contributed by atoms with Gasteiger partial charge >= 0.3 is 0 Å². The second-order valence-corrected chi connectivity index (χ2v) is 5.84. The fraction of sp³-hybridized carbons (Fsp3) is 0.538. The zero-order valence-electron chi connectivity index (χ0n) is 9.35. The van der Waals surface area contributed by atoms with E-state index in [1.807, 2.05) is 0 Å². The maximum absolute atomic E-state index is 3.76. The van der Waals surface area contributed by atoms with E-state index in [2.05, 4.69) is 44.8 Å². The summed E-state index contributed by atoms with van der Waals surface area (Å²) >= 11 is 3.59. The summed E-state index contributed by atoms with van der Waals surface area (Å²) in [7, 11) is 0. The summed E-state index contributed by atoms with van der Waals surface area (Å²) in [6.07, 6.45) is 6.71. The minimum absolute atomic E-state index is 0.312. The first kappa shape index (κ1) is 10.5. The van der Waals surface area contributed by atoms with Crippen LogP contribution >= 0.6 is 15.9 Å². The molecule has 0 bridgehead atoms. The first-order valence-corrected chi connectivity index (χ1v) is 6.89. The highest BCUT2D eigenvalue weighted by Gasteiger charge is 2.35. The zero-order valence-corrected chi connectivity index (χ0v) is 10.9. The Kier molecular flexibility index (Phi) is 2.58. The van der Waals surface area contributed by atoms with Gasteiger partial charge in [0.25, 0.3) is 0 Å². The van der Waals surface area contributed by atoms with Crippen LogP contribution in [0.5, 0.6) is 0 Å². The van der Waals surface area contributed by atoms with E-state index in [9.17, 15) is 0 Å². The van der Waals surface area contributed by atoms with Crippen molar-refractivity contribution in [3.05, 3.63) is 22.7 Å². The van der Waals surface area contributed by atoms with Crippen LogP contribution in [0.3, 0.4) is 0 Å². The predicted molar refractivity (Wildman–Crippen MR) is 72.1 cm³/mol. The number of hydrogen-bond acceptors (Lipinski definition) is 2. The molecule has 16 heavy (non-hydrogen) atoms. The minimum atomic E-state index is 0.312. The van der Waals surface area contributed by atoms with E-state index >= 15 is 0 Å². The molecule has 0 radical (unpaired) electrons. The summed E-state index contributed by atoms with van der Waals surface area (Å²) in [6.45, 7) is 1.06. The van der Waals surface area contributed by atoms with Gasteiger partial charge in [-0.1, -0.05) is 25.3 Å². The normalized spacial score (nSPS) is 22.1. The van der Waals surface area contributed by atoms with Crippen molar-refractivity contribution in [1.29, 1.82) is 0 Å². The van der Waals surface area contributed by atoms with Gasteiger partial charge in [-0.15, -0.1) is 0 Å². The summed E-state index contributed by atoms with van der Waals surface area (Å²) in [6, 6.07) is 6.36. The van der Waals surface area contributed by atoms with Crippen molar-refractivity contribution in [3.8, 4) is 0 Å². The van der Waals surface area contributed by atoms with E-state index in [1.165, 1.54) is 43.5 Å².